The van der Waals surface area contributed by atoms with Gasteiger partial charge >= 0.3 is 5.97 Å². The molecule has 1 aromatic carbocycles. The zero-order valence-corrected chi connectivity index (χ0v) is 15.1. The van der Waals surface area contributed by atoms with E-state index in [1.807, 2.05) is 19.1 Å². The van der Waals surface area contributed by atoms with Gasteiger partial charge in [-0.25, -0.2) is 9.79 Å². The SMILES string of the molecule is COc1ccc(/C=C2\N=C(c3ccc(C)s3)OC2=O)c(OC)c1OC. The van der Waals surface area contributed by atoms with E-state index in [1.165, 1.54) is 25.6 Å². The molecular weight excluding hydrogens is 342 g/mol. The van der Waals surface area contributed by atoms with Crippen LogP contribution in [0, 0.1) is 6.92 Å². The number of carbonyl (C=O) groups excluding carboxylic acids is 1. The first-order valence-corrected chi connectivity index (χ1v) is 8.27. The number of aliphatic imine (C=N–C) groups is 1. The molecule has 2 heterocycles. The molecule has 1 aliphatic rings. The number of hydrogen-bond donors (Lipinski definition) is 0. The Morgan fingerprint density at radius 3 is 2.40 bits per heavy atom. The molecule has 1 aromatic heterocycles. The van der Waals surface area contributed by atoms with Gasteiger partial charge in [-0.3, -0.25) is 0 Å². The molecule has 0 saturated heterocycles. The van der Waals surface area contributed by atoms with Crippen molar-refractivity contribution in [2.45, 2.75) is 6.92 Å². The minimum absolute atomic E-state index is 0.201. The maximum absolute atomic E-state index is 12.1. The van der Waals surface area contributed by atoms with Gasteiger partial charge in [0.25, 0.3) is 0 Å². The van der Waals surface area contributed by atoms with E-state index in [9.17, 15) is 4.79 Å². The number of hydrogen-bond acceptors (Lipinski definition) is 7. The summed E-state index contributed by atoms with van der Waals surface area (Å²) in [4.78, 5) is 18.4. The van der Waals surface area contributed by atoms with Gasteiger partial charge in [0.2, 0.25) is 11.6 Å². The Bertz CT molecular complexity index is 882. The van der Waals surface area contributed by atoms with E-state index in [4.69, 9.17) is 18.9 Å². The van der Waals surface area contributed by atoms with Crippen LogP contribution in [0.15, 0.2) is 35.0 Å². The van der Waals surface area contributed by atoms with E-state index in [1.54, 1.807) is 25.3 Å². The summed E-state index contributed by atoms with van der Waals surface area (Å²) >= 11 is 1.52. The molecular formula is C18H17NO5S. The number of benzene rings is 1. The molecule has 0 fully saturated rings. The van der Waals surface area contributed by atoms with E-state index in [0.717, 1.165) is 9.75 Å². The quantitative estimate of drug-likeness (QED) is 0.604. The van der Waals surface area contributed by atoms with E-state index in [-0.39, 0.29) is 5.70 Å². The molecule has 0 amide bonds. The van der Waals surface area contributed by atoms with Gasteiger partial charge in [0.15, 0.2) is 17.2 Å². The fourth-order valence-electron chi connectivity index (χ4n) is 2.45. The van der Waals surface area contributed by atoms with Crippen LogP contribution in [0.5, 0.6) is 17.2 Å². The van der Waals surface area contributed by atoms with Crippen LogP contribution in [0.25, 0.3) is 6.08 Å². The number of carbonyl (C=O) groups is 1. The zero-order chi connectivity index (χ0) is 18.0. The number of thiophene rings is 1. The van der Waals surface area contributed by atoms with Gasteiger partial charge in [-0.1, -0.05) is 0 Å². The maximum Gasteiger partial charge on any atom is 0.363 e. The standard InChI is InChI=1S/C18H17NO5S/c1-10-5-8-14(25-10)17-19-12(18(20)24-17)9-11-6-7-13(21-2)16(23-4)15(11)22-3/h5-9H,1-4H3/b12-9-. The van der Waals surface area contributed by atoms with Crippen LogP contribution in [0.3, 0.4) is 0 Å². The van der Waals surface area contributed by atoms with Crippen LogP contribution >= 0.6 is 11.3 Å². The van der Waals surface area contributed by atoms with Gasteiger partial charge in [-0.05, 0) is 37.3 Å². The van der Waals surface area contributed by atoms with Crippen molar-refractivity contribution in [2.24, 2.45) is 4.99 Å². The number of nitrogens with zero attached hydrogens (tertiary/aromatic N) is 1. The Balaban J connectivity index is 2.03. The number of ether oxygens (including phenoxy) is 4. The highest BCUT2D eigenvalue weighted by molar-refractivity contribution is 7.14. The summed E-state index contributed by atoms with van der Waals surface area (Å²) in [6, 6.07) is 7.34. The molecule has 0 spiro atoms. The molecule has 25 heavy (non-hydrogen) atoms. The van der Waals surface area contributed by atoms with Crippen LogP contribution in [0.2, 0.25) is 0 Å². The first-order chi connectivity index (χ1) is 12.1. The van der Waals surface area contributed by atoms with Gasteiger partial charge in [0.1, 0.15) is 0 Å². The average Bonchev–Trinajstić information content (AvgIpc) is 3.20. The van der Waals surface area contributed by atoms with Gasteiger partial charge < -0.3 is 18.9 Å². The Kier molecular flexibility index (Phi) is 4.76. The lowest BCUT2D eigenvalue weighted by Crippen LogP contribution is -2.03. The smallest absolute Gasteiger partial charge is 0.363 e. The molecule has 0 atom stereocenters. The van der Waals surface area contributed by atoms with Gasteiger partial charge in [0, 0.05) is 10.4 Å². The van der Waals surface area contributed by atoms with E-state index in [0.29, 0.717) is 28.7 Å². The lowest BCUT2D eigenvalue weighted by molar-refractivity contribution is -0.129. The monoisotopic (exact) mass is 359 g/mol. The molecule has 0 radical (unpaired) electrons. The van der Waals surface area contributed by atoms with Crippen molar-refractivity contribution < 1.29 is 23.7 Å². The van der Waals surface area contributed by atoms with Gasteiger partial charge in [-0.15, -0.1) is 11.3 Å². The fourth-order valence-corrected chi connectivity index (χ4v) is 3.24. The summed E-state index contributed by atoms with van der Waals surface area (Å²) in [6.45, 7) is 1.98. The van der Waals surface area contributed by atoms with E-state index in [2.05, 4.69) is 4.99 Å². The van der Waals surface area contributed by atoms with Crippen molar-refractivity contribution in [1.82, 2.24) is 0 Å². The molecule has 6 nitrogen and oxygen atoms in total. The third-order valence-corrected chi connectivity index (χ3v) is 4.59. The fraction of sp³-hybridized carbons (Fsp3) is 0.222. The largest absolute Gasteiger partial charge is 0.493 e. The molecule has 1 aliphatic heterocycles. The molecule has 0 unspecified atom stereocenters. The first-order valence-electron chi connectivity index (χ1n) is 7.45. The molecule has 7 heteroatoms. The maximum atomic E-state index is 12.1. The third kappa shape index (κ3) is 3.23. The molecule has 3 rings (SSSR count). The predicted molar refractivity (Wildman–Crippen MR) is 95.8 cm³/mol. The second-order valence-corrected chi connectivity index (χ2v) is 6.46. The molecule has 2 aromatic rings. The van der Waals surface area contributed by atoms with Crippen LogP contribution in [-0.4, -0.2) is 33.2 Å². The topological polar surface area (TPSA) is 66.4 Å². The second kappa shape index (κ2) is 6.98. The highest BCUT2D eigenvalue weighted by atomic mass is 32.1. The van der Waals surface area contributed by atoms with Crippen molar-refractivity contribution in [2.75, 3.05) is 21.3 Å². The predicted octanol–water partition coefficient (Wildman–Crippen LogP) is 3.43. The normalized spacial score (nSPS) is 15.1. The summed E-state index contributed by atoms with van der Waals surface area (Å²) in [7, 11) is 4.59. The number of methoxy groups -OCH3 is 3. The molecule has 0 N–H and O–H groups in total. The van der Waals surface area contributed by atoms with Crippen LogP contribution in [0.1, 0.15) is 15.3 Å². The molecule has 130 valence electrons. The Morgan fingerprint density at radius 1 is 1.04 bits per heavy atom. The van der Waals surface area contributed by atoms with E-state index < -0.39 is 5.97 Å². The van der Waals surface area contributed by atoms with E-state index >= 15 is 0 Å². The molecule has 0 saturated carbocycles. The van der Waals surface area contributed by atoms with Crippen LogP contribution in [-0.2, 0) is 9.53 Å². The minimum atomic E-state index is -0.502. The number of esters is 1. The lowest BCUT2D eigenvalue weighted by atomic mass is 10.1. The molecule has 0 bridgehead atoms. The Labute approximate surface area is 149 Å². The second-order valence-electron chi connectivity index (χ2n) is 5.17. The number of cyclic esters (lactones) is 1. The highest BCUT2D eigenvalue weighted by Crippen LogP contribution is 2.41. The lowest BCUT2D eigenvalue weighted by Gasteiger charge is -2.14. The number of rotatable bonds is 5. The van der Waals surface area contributed by atoms with Crippen molar-refractivity contribution in [3.05, 3.63) is 45.3 Å². The van der Waals surface area contributed by atoms with Crippen molar-refractivity contribution in [1.29, 1.82) is 0 Å². The summed E-state index contributed by atoms with van der Waals surface area (Å²) in [6.07, 6.45) is 1.61. The average molecular weight is 359 g/mol. The summed E-state index contributed by atoms with van der Waals surface area (Å²) in [5.74, 6) is 1.25. The Morgan fingerprint density at radius 2 is 1.80 bits per heavy atom. The Hall–Kier alpha value is -2.80. The van der Waals surface area contributed by atoms with Crippen LogP contribution < -0.4 is 14.2 Å². The van der Waals surface area contributed by atoms with Crippen molar-refractivity contribution in [3.63, 3.8) is 0 Å². The third-order valence-electron chi connectivity index (χ3n) is 3.60. The number of aryl methyl sites for hydroxylation is 1. The van der Waals surface area contributed by atoms with Gasteiger partial charge in [0.05, 0.1) is 26.2 Å². The first kappa shape index (κ1) is 17.0. The van der Waals surface area contributed by atoms with Crippen molar-refractivity contribution in [3.8, 4) is 17.2 Å². The summed E-state index contributed by atoms with van der Waals surface area (Å²) < 4.78 is 21.3. The molecule has 0 aliphatic carbocycles. The van der Waals surface area contributed by atoms with Crippen LogP contribution in [0.4, 0.5) is 0 Å². The van der Waals surface area contributed by atoms with Gasteiger partial charge in [-0.2, -0.15) is 0 Å². The summed E-state index contributed by atoms with van der Waals surface area (Å²) in [5.41, 5.74) is 0.839. The minimum Gasteiger partial charge on any atom is -0.493 e. The zero-order valence-electron chi connectivity index (χ0n) is 14.3. The van der Waals surface area contributed by atoms with Crippen molar-refractivity contribution >= 4 is 29.3 Å². The highest BCUT2D eigenvalue weighted by Gasteiger charge is 2.26. The summed E-state index contributed by atoms with van der Waals surface area (Å²) in [5, 5.41) is 0.